The Balaban J connectivity index is 2.36. The summed E-state index contributed by atoms with van der Waals surface area (Å²) in [6.07, 6.45) is -0.383. The van der Waals surface area contributed by atoms with Gasteiger partial charge in [-0.3, -0.25) is 4.79 Å². The second-order valence-electron chi connectivity index (χ2n) is 3.93. The van der Waals surface area contributed by atoms with Gasteiger partial charge in [0, 0.05) is 29.1 Å². The number of halogens is 2. The van der Waals surface area contributed by atoms with E-state index in [2.05, 4.69) is 26.6 Å². The standard InChI is InChI=1S/C12H16BrClN2O2/c1-8(17)7-15-4-5-16-12(18)10-3-2-9(14)6-11(10)13/h2-3,6,8,15,17H,4-5,7H2,1H3,(H,16,18). The molecule has 0 aliphatic carbocycles. The van der Waals surface area contributed by atoms with E-state index in [4.69, 9.17) is 16.7 Å². The largest absolute Gasteiger partial charge is 0.392 e. The minimum atomic E-state index is -0.383. The van der Waals surface area contributed by atoms with Gasteiger partial charge >= 0.3 is 0 Å². The van der Waals surface area contributed by atoms with Gasteiger partial charge in [0.1, 0.15) is 0 Å². The first-order valence-corrected chi connectivity index (χ1v) is 6.80. The molecule has 0 bridgehead atoms. The van der Waals surface area contributed by atoms with Gasteiger partial charge in [0.05, 0.1) is 11.7 Å². The Labute approximate surface area is 120 Å². The summed E-state index contributed by atoms with van der Waals surface area (Å²) in [5, 5.41) is 15.4. The second kappa shape index (κ2) is 7.74. The van der Waals surface area contributed by atoms with Crippen LogP contribution in [0, 0.1) is 0 Å². The van der Waals surface area contributed by atoms with Crippen molar-refractivity contribution in [2.45, 2.75) is 13.0 Å². The highest BCUT2D eigenvalue weighted by Gasteiger charge is 2.09. The van der Waals surface area contributed by atoms with Crippen LogP contribution < -0.4 is 10.6 Å². The smallest absolute Gasteiger partial charge is 0.252 e. The molecule has 0 fully saturated rings. The minimum Gasteiger partial charge on any atom is -0.392 e. The molecule has 1 unspecified atom stereocenters. The Morgan fingerprint density at radius 1 is 1.50 bits per heavy atom. The monoisotopic (exact) mass is 334 g/mol. The number of hydrogen-bond donors (Lipinski definition) is 3. The van der Waals surface area contributed by atoms with Crippen LogP contribution in [0.3, 0.4) is 0 Å². The number of rotatable bonds is 6. The molecule has 4 nitrogen and oxygen atoms in total. The molecule has 6 heteroatoms. The van der Waals surface area contributed by atoms with E-state index < -0.39 is 0 Å². The third-order valence-corrected chi connectivity index (χ3v) is 3.09. The van der Waals surface area contributed by atoms with Crippen LogP contribution in [0.25, 0.3) is 0 Å². The highest BCUT2D eigenvalue weighted by molar-refractivity contribution is 9.10. The van der Waals surface area contributed by atoms with Crippen molar-refractivity contribution < 1.29 is 9.90 Å². The van der Waals surface area contributed by atoms with Crippen molar-refractivity contribution in [1.29, 1.82) is 0 Å². The number of aliphatic hydroxyl groups is 1. The lowest BCUT2D eigenvalue weighted by molar-refractivity contribution is 0.0953. The first-order chi connectivity index (χ1) is 8.50. The Bertz CT molecular complexity index is 413. The molecule has 100 valence electrons. The molecule has 0 spiro atoms. The van der Waals surface area contributed by atoms with Crippen molar-refractivity contribution in [1.82, 2.24) is 10.6 Å². The van der Waals surface area contributed by atoms with E-state index in [9.17, 15) is 4.79 Å². The molecular weight excluding hydrogens is 320 g/mol. The maximum Gasteiger partial charge on any atom is 0.252 e. The second-order valence-corrected chi connectivity index (χ2v) is 5.22. The van der Waals surface area contributed by atoms with Crippen LogP contribution in [0.2, 0.25) is 5.02 Å². The summed E-state index contributed by atoms with van der Waals surface area (Å²) in [6, 6.07) is 5.03. The quantitative estimate of drug-likeness (QED) is 0.695. The average Bonchev–Trinajstić information content (AvgIpc) is 2.27. The van der Waals surface area contributed by atoms with E-state index in [0.717, 1.165) is 0 Å². The fraction of sp³-hybridized carbons (Fsp3) is 0.417. The van der Waals surface area contributed by atoms with Gasteiger partial charge in [-0.25, -0.2) is 0 Å². The van der Waals surface area contributed by atoms with Gasteiger partial charge in [0.25, 0.3) is 5.91 Å². The summed E-state index contributed by atoms with van der Waals surface area (Å²) in [6.45, 7) is 3.33. The number of carbonyl (C=O) groups excluding carboxylic acids is 1. The Morgan fingerprint density at radius 2 is 2.22 bits per heavy atom. The zero-order valence-corrected chi connectivity index (χ0v) is 12.4. The van der Waals surface area contributed by atoms with E-state index in [0.29, 0.717) is 34.7 Å². The number of amides is 1. The molecular formula is C12H16BrClN2O2. The fourth-order valence-electron chi connectivity index (χ4n) is 1.34. The minimum absolute atomic E-state index is 0.155. The molecule has 0 radical (unpaired) electrons. The lowest BCUT2D eigenvalue weighted by Crippen LogP contribution is -2.34. The first-order valence-electron chi connectivity index (χ1n) is 5.62. The molecule has 18 heavy (non-hydrogen) atoms. The van der Waals surface area contributed by atoms with Crippen molar-refractivity contribution in [3.8, 4) is 0 Å². The van der Waals surface area contributed by atoms with Crippen molar-refractivity contribution >= 4 is 33.4 Å². The van der Waals surface area contributed by atoms with Crippen LogP contribution in [0.5, 0.6) is 0 Å². The molecule has 0 heterocycles. The summed E-state index contributed by atoms with van der Waals surface area (Å²) in [5.41, 5.74) is 0.551. The molecule has 0 saturated heterocycles. The maximum atomic E-state index is 11.8. The molecule has 1 amide bonds. The Kier molecular flexibility index (Phi) is 6.63. The van der Waals surface area contributed by atoms with Crippen molar-refractivity contribution in [3.05, 3.63) is 33.3 Å². The highest BCUT2D eigenvalue weighted by Crippen LogP contribution is 2.21. The predicted octanol–water partition coefficient (Wildman–Crippen LogP) is 1.80. The molecule has 1 rings (SSSR count). The normalized spacial score (nSPS) is 12.2. The Hall–Kier alpha value is -0.620. The summed E-state index contributed by atoms with van der Waals surface area (Å²) in [5.74, 6) is -0.155. The molecule has 1 atom stereocenters. The number of benzene rings is 1. The van der Waals surface area contributed by atoms with Gasteiger partial charge < -0.3 is 15.7 Å². The molecule has 0 aromatic heterocycles. The van der Waals surface area contributed by atoms with E-state index in [1.54, 1.807) is 25.1 Å². The van der Waals surface area contributed by atoms with Crippen molar-refractivity contribution in [2.24, 2.45) is 0 Å². The number of hydrogen-bond acceptors (Lipinski definition) is 3. The molecule has 0 aliphatic heterocycles. The van der Waals surface area contributed by atoms with E-state index >= 15 is 0 Å². The zero-order valence-electron chi connectivity index (χ0n) is 10.0. The first kappa shape index (κ1) is 15.4. The van der Waals surface area contributed by atoms with E-state index in [1.165, 1.54) is 0 Å². The third kappa shape index (κ3) is 5.35. The summed E-state index contributed by atoms with van der Waals surface area (Å²) >= 11 is 9.10. The molecule has 3 N–H and O–H groups in total. The van der Waals surface area contributed by atoms with Gasteiger partial charge in [0.2, 0.25) is 0 Å². The van der Waals surface area contributed by atoms with Gasteiger partial charge in [-0.2, -0.15) is 0 Å². The lowest BCUT2D eigenvalue weighted by Gasteiger charge is -2.09. The topological polar surface area (TPSA) is 61.4 Å². The van der Waals surface area contributed by atoms with E-state index in [1.807, 2.05) is 0 Å². The van der Waals surface area contributed by atoms with Gasteiger partial charge in [-0.1, -0.05) is 11.6 Å². The van der Waals surface area contributed by atoms with Gasteiger partial charge in [-0.05, 0) is 41.1 Å². The third-order valence-electron chi connectivity index (χ3n) is 2.20. The number of carbonyl (C=O) groups is 1. The summed E-state index contributed by atoms with van der Waals surface area (Å²) < 4.78 is 0.671. The lowest BCUT2D eigenvalue weighted by atomic mass is 10.2. The fourth-order valence-corrected chi connectivity index (χ4v) is 2.21. The van der Waals surface area contributed by atoms with Crippen molar-refractivity contribution in [2.75, 3.05) is 19.6 Å². The van der Waals surface area contributed by atoms with Crippen LogP contribution in [0.4, 0.5) is 0 Å². The Morgan fingerprint density at radius 3 is 2.83 bits per heavy atom. The molecule has 1 aromatic carbocycles. The summed E-state index contributed by atoms with van der Waals surface area (Å²) in [4.78, 5) is 11.8. The number of aliphatic hydroxyl groups excluding tert-OH is 1. The van der Waals surface area contributed by atoms with E-state index in [-0.39, 0.29) is 12.0 Å². The summed E-state index contributed by atoms with van der Waals surface area (Å²) in [7, 11) is 0. The zero-order chi connectivity index (χ0) is 13.5. The highest BCUT2D eigenvalue weighted by atomic mass is 79.9. The van der Waals surface area contributed by atoms with Gasteiger partial charge in [0.15, 0.2) is 0 Å². The molecule has 0 saturated carbocycles. The van der Waals surface area contributed by atoms with Crippen LogP contribution in [0.15, 0.2) is 22.7 Å². The average molecular weight is 336 g/mol. The molecule has 1 aromatic rings. The molecule has 0 aliphatic rings. The van der Waals surface area contributed by atoms with Crippen LogP contribution >= 0.6 is 27.5 Å². The SMILES string of the molecule is CC(O)CNCCNC(=O)c1ccc(Cl)cc1Br. The maximum absolute atomic E-state index is 11.8. The van der Waals surface area contributed by atoms with Crippen LogP contribution in [-0.2, 0) is 0 Å². The van der Waals surface area contributed by atoms with Gasteiger partial charge in [-0.15, -0.1) is 0 Å². The van der Waals surface area contributed by atoms with Crippen LogP contribution in [0.1, 0.15) is 17.3 Å². The predicted molar refractivity (Wildman–Crippen MR) is 76.0 cm³/mol. The number of nitrogens with one attached hydrogen (secondary N) is 2. The van der Waals surface area contributed by atoms with Crippen molar-refractivity contribution in [3.63, 3.8) is 0 Å². The van der Waals surface area contributed by atoms with Crippen LogP contribution in [-0.4, -0.2) is 36.8 Å².